The molecular formula is C13H16ClNO3. The van der Waals surface area contributed by atoms with Gasteiger partial charge in [-0.15, -0.1) is 11.6 Å². The Labute approximate surface area is 111 Å². The number of alkyl halides is 1. The third-order valence-electron chi connectivity index (χ3n) is 2.76. The molecule has 1 aromatic carbocycles. The van der Waals surface area contributed by atoms with E-state index in [-0.39, 0.29) is 5.91 Å². The van der Waals surface area contributed by atoms with Crippen molar-refractivity contribution < 1.29 is 14.3 Å². The van der Waals surface area contributed by atoms with Gasteiger partial charge < -0.3 is 14.4 Å². The topological polar surface area (TPSA) is 38.8 Å². The van der Waals surface area contributed by atoms with Gasteiger partial charge in [-0.2, -0.15) is 0 Å². The van der Waals surface area contributed by atoms with Gasteiger partial charge in [0, 0.05) is 25.9 Å². The fourth-order valence-corrected chi connectivity index (χ4v) is 1.98. The largest absolute Gasteiger partial charge is 0.486 e. The molecule has 0 bridgehead atoms. The first-order valence-electron chi connectivity index (χ1n) is 5.89. The van der Waals surface area contributed by atoms with Gasteiger partial charge in [0.25, 0.3) is 0 Å². The molecule has 1 heterocycles. The van der Waals surface area contributed by atoms with Gasteiger partial charge in [0.15, 0.2) is 11.5 Å². The van der Waals surface area contributed by atoms with E-state index in [1.165, 1.54) is 0 Å². The van der Waals surface area contributed by atoms with E-state index in [1.54, 1.807) is 11.9 Å². The molecule has 2 rings (SSSR count). The molecule has 18 heavy (non-hydrogen) atoms. The molecule has 5 heteroatoms. The van der Waals surface area contributed by atoms with Crippen LogP contribution in [0.3, 0.4) is 0 Å². The molecule has 1 amide bonds. The number of ether oxygens (including phenoxy) is 2. The average molecular weight is 270 g/mol. The van der Waals surface area contributed by atoms with E-state index in [9.17, 15) is 4.79 Å². The summed E-state index contributed by atoms with van der Waals surface area (Å²) in [5, 5.41) is 0. The maximum atomic E-state index is 11.6. The second kappa shape index (κ2) is 5.96. The number of rotatable bonds is 4. The summed E-state index contributed by atoms with van der Waals surface area (Å²) in [5.41, 5.74) is 1.02. The molecule has 0 fully saturated rings. The molecule has 0 saturated heterocycles. The number of amides is 1. The van der Waals surface area contributed by atoms with Crippen molar-refractivity contribution in [2.24, 2.45) is 0 Å². The molecule has 0 saturated carbocycles. The molecule has 4 nitrogen and oxygen atoms in total. The van der Waals surface area contributed by atoms with Gasteiger partial charge in [-0.3, -0.25) is 4.79 Å². The van der Waals surface area contributed by atoms with Crippen molar-refractivity contribution >= 4 is 17.5 Å². The van der Waals surface area contributed by atoms with Crippen LogP contribution in [0.5, 0.6) is 11.5 Å². The van der Waals surface area contributed by atoms with E-state index >= 15 is 0 Å². The van der Waals surface area contributed by atoms with Gasteiger partial charge in [0.05, 0.1) is 0 Å². The third-order valence-corrected chi connectivity index (χ3v) is 2.95. The van der Waals surface area contributed by atoms with Crippen molar-refractivity contribution in [2.75, 3.05) is 26.1 Å². The summed E-state index contributed by atoms with van der Waals surface area (Å²) in [4.78, 5) is 13.3. The summed E-state index contributed by atoms with van der Waals surface area (Å²) in [7, 11) is 1.77. The Balaban J connectivity index is 2.03. The normalized spacial score (nSPS) is 13.2. The molecule has 1 aliphatic heterocycles. The highest BCUT2D eigenvalue weighted by Gasteiger charge is 2.13. The zero-order valence-corrected chi connectivity index (χ0v) is 11.1. The quantitative estimate of drug-likeness (QED) is 0.786. The molecule has 0 spiro atoms. The van der Waals surface area contributed by atoms with Crippen LogP contribution in [0, 0.1) is 0 Å². The Bertz CT molecular complexity index is 436. The highest BCUT2D eigenvalue weighted by molar-refractivity contribution is 6.18. The van der Waals surface area contributed by atoms with Crippen LogP contribution in [-0.2, 0) is 11.3 Å². The monoisotopic (exact) mass is 269 g/mol. The smallest absolute Gasteiger partial charge is 0.223 e. The first kappa shape index (κ1) is 13.0. The standard InChI is InChI=1S/C13H16ClNO3/c1-15(13(16)4-5-14)9-10-2-3-11-12(8-10)18-7-6-17-11/h2-3,8H,4-7,9H2,1H3. The Hall–Kier alpha value is -1.42. The fraction of sp³-hybridized carbons (Fsp3) is 0.462. The fourth-order valence-electron chi connectivity index (χ4n) is 1.82. The van der Waals surface area contributed by atoms with E-state index in [1.807, 2.05) is 18.2 Å². The third kappa shape index (κ3) is 3.07. The lowest BCUT2D eigenvalue weighted by molar-refractivity contribution is -0.129. The van der Waals surface area contributed by atoms with Crippen molar-refractivity contribution in [2.45, 2.75) is 13.0 Å². The number of hydrogen-bond donors (Lipinski definition) is 0. The number of nitrogens with zero attached hydrogens (tertiary/aromatic N) is 1. The van der Waals surface area contributed by atoms with Crippen LogP contribution in [0.4, 0.5) is 0 Å². The molecule has 98 valence electrons. The molecule has 0 atom stereocenters. The zero-order valence-electron chi connectivity index (χ0n) is 10.3. The van der Waals surface area contributed by atoms with Crippen LogP contribution in [0.2, 0.25) is 0 Å². The van der Waals surface area contributed by atoms with Gasteiger partial charge in [-0.1, -0.05) is 6.07 Å². The Morgan fingerprint density at radius 1 is 1.33 bits per heavy atom. The number of hydrogen-bond acceptors (Lipinski definition) is 3. The van der Waals surface area contributed by atoms with E-state index in [0.29, 0.717) is 32.1 Å². The highest BCUT2D eigenvalue weighted by Crippen LogP contribution is 2.31. The summed E-state index contributed by atoms with van der Waals surface area (Å²) in [5.74, 6) is 1.90. The second-order valence-corrected chi connectivity index (χ2v) is 4.54. The number of carbonyl (C=O) groups is 1. The molecule has 0 aromatic heterocycles. The highest BCUT2D eigenvalue weighted by atomic mass is 35.5. The van der Waals surface area contributed by atoms with Crippen LogP contribution >= 0.6 is 11.6 Å². The average Bonchev–Trinajstić information content (AvgIpc) is 2.39. The van der Waals surface area contributed by atoms with Crippen molar-refractivity contribution in [3.8, 4) is 11.5 Å². The summed E-state index contributed by atoms with van der Waals surface area (Å²) in [6, 6.07) is 5.74. The first-order chi connectivity index (χ1) is 8.70. The predicted octanol–water partition coefficient (Wildman–Crippen LogP) is 2.05. The molecule has 0 radical (unpaired) electrons. The van der Waals surface area contributed by atoms with Gasteiger partial charge in [-0.05, 0) is 17.7 Å². The zero-order chi connectivity index (χ0) is 13.0. The Morgan fingerprint density at radius 2 is 2.06 bits per heavy atom. The minimum absolute atomic E-state index is 0.0416. The van der Waals surface area contributed by atoms with E-state index in [2.05, 4.69) is 0 Å². The van der Waals surface area contributed by atoms with Gasteiger partial charge >= 0.3 is 0 Å². The van der Waals surface area contributed by atoms with Crippen molar-refractivity contribution in [3.05, 3.63) is 23.8 Å². The lowest BCUT2D eigenvalue weighted by Gasteiger charge is -2.21. The lowest BCUT2D eigenvalue weighted by Crippen LogP contribution is -2.26. The minimum atomic E-state index is 0.0416. The first-order valence-corrected chi connectivity index (χ1v) is 6.42. The van der Waals surface area contributed by atoms with E-state index in [0.717, 1.165) is 17.1 Å². The maximum absolute atomic E-state index is 11.6. The van der Waals surface area contributed by atoms with Gasteiger partial charge in [0.1, 0.15) is 13.2 Å². The summed E-state index contributed by atoms with van der Waals surface area (Å²) in [6.45, 7) is 1.70. The number of benzene rings is 1. The second-order valence-electron chi connectivity index (χ2n) is 4.17. The Kier molecular flexibility index (Phi) is 4.31. The lowest BCUT2D eigenvalue weighted by atomic mass is 10.2. The molecule has 0 unspecified atom stereocenters. The van der Waals surface area contributed by atoms with Crippen molar-refractivity contribution in [1.29, 1.82) is 0 Å². The molecule has 1 aliphatic rings. The molecule has 0 N–H and O–H groups in total. The van der Waals surface area contributed by atoms with Gasteiger partial charge in [0.2, 0.25) is 5.91 Å². The predicted molar refractivity (Wildman–Crippen MR) is 69.2 cm³/mol. The van der Waals surface area contributed by atoms with E-state index in [4.69, 9.17) is 21.1 Å². The number of fused-ring (bicyclic) bond motifs is 1. The Morgan fingerprint density at radius 3 is 2.78 bits per heavy atom. The van der Waals surface area contributed by atoms with Crippen molar-refractivity contribution in [1.82, 2.24) is 4.90 Å². The van der Waals surface area contributed by atoms with Crippen molar-refractivity contribution in [3.63, 3.8) is 0 Å². The van der Waals surface area contributed by atoms with Crippen LogP contribution in [0.15, 0.2) is 18.2 Å². The molecular weight excluding hydrogens is 254 g/mol. The maximum Gasteiger partial charge on any atom is 0.223 e. The summed E-state index contributed by atoms with van der Waals surface area (Å²) in [6.07, 6.45) is 0.364. The number of halogens is 1. The van der Waals surface area contributed by atoms with Crippen LogP contribution in [0.25, 0.3) is 0 Å². The molecule has 0 aliphatic carbocycles. The van der Waals surface area contributed by atoms with E-state index < -0.39 is 0 Å². The number of carbonyl (C=O) groups excluding carboxylic acids is 1. The van der Waals surface area contributed by atoms with Crippen LogP contribution in [0.1, 0.15) is 12.0 Å². The molecule has 1 aromatic rings. The van der Waals surface area contributed by atoms with Crippen LogP contribution < -0.4 is 9.47 Å². The summed E-state index contributed by atoms with van der Waals surface area (Å²) < 4.78 is 11.0. The minimum Gasteiger partial charge on any atom is -0.486 e. The SMILES string of the molecule is CN(Cc1ccc2c(c1)OCCO2)C(=O)CCCl. The van der Waals surface area contributed by atoms with Crippen LogP contribution in [-0.4, -0.2) is 36.9 Å². The van der Waals surface area contributed by atoms with Gasteiger partial charge in [-0.25, -0.2) is 0 Å². The summed E-state index contributed by atoms with van der Waals surface area (Å²) >= 11 is 5.55.